The second-order valence-corrected chi connectivity index (χ2v) is 6.61. The average molecular weight is 354 g/mol. The lowest BCUT2D eigenvalue weighted by Gasteiger charge is -2.35. The number of halogens is 1. The first kappa shape index (κ1) is 17.3. The van der Waals surface area contributed by atoms with Crippen molar-refractivity contribution in [2.45, 2.75) is 18.9 Å². The van der Waals surface area contributed by atoms with Crippen LogP contribution in [0.15, 0.2) is 18.2 Å². The fraction of sp³-hybridized carbons (Fsp3) is 0.588. The first-order valence-corrected chi connectivity index (χ1v) is 8.77. The summed E-state index contributed by atoms with van der Waals surface area (Å²) in [6.45, 7) is 5.08. The summed E-state index contributed by atoms with van der Waals surface area (Å²) in [6, 6.07) is 5.15. The van der Waals surface area contributed by atoms with Crippen LogP contribution >= 0.6 is 11.6 Å². The molecule has 2 amide bonds. The lowest BCUT2D eigenvalue weighted by Crippen LogP contribution is -2.51. The molecule has 2 aliphatic rings. The van der Waals surface area contributed by atoms with Crippen LogP contribution in [0.4, 0.5) is 10.5 Å². The Labute approximate surface area is 147 Å². The van der Waals surface area contributed by atoms with Gasteiger partial charge in [-0.05, 0) is 31.0 Å². The molecule has 1 atom stereocenters. The number of carbonyl (C=O) groups is 1. The third kappa shape index (κ3) is 4.32. The quantitative estimate of drug-likeness (QED) is 0.904. The van der Waals surface area contributed by atoms with Crippen LogP contribution in [0.3, 0.4) is 0 Å². The summed E-state index contributed by atoms with van der Waals surface area (Å²) in [5.41, 5.74) is 0.674. The van der Waals surface area contributed by atoms with Gasteiger partial charge in [-0.2, -0.15) is 0 Å². The summed E-state index contributed by atoms with van der Waals surface area (Å²) in [5.74, 6) is 0.595. The molecule has 7 heteroatoms. The second-order valence-electron chi connectivity index (χ2n) is 6.20. The molecule has 0 aliphatic carbocycles. The Kier molecular flexibility index (Phi) is 5.81. The van der Waals surface area contributed by atoms with Crippen molar-refractivity contribution >= 4 is 23.3 Å². The van der Waals surface area contributed by atoms with E-state index in [1.807, 2.05) is 4.90 Å². The third-order valence-electron chi connectivity index (χ3n) is 4.55. The van der Waals surface area contributed by atoms with Crippen LogP contribution in [0.2, 0.25) is 5.02 Å². The number of nitrogens with zero attached hydrogens (tertiary/aromatic N) is 2. The van der Waals surface area contributed by atoms with Crippen LogP contribution in [0.25, 0.3) is 0 Å². The van der Waals surface area contributed by atoms with Crippen molar-refractivity contribution in [1.82, 2.24) is 9.80 Å². The number of hydrogen-bond acceptors (Lipinski definition) is 4. The maximum atomic E-state index is 12.4. The predicted octanol–water partition coefficient (Wildman–Crippen LogP) is 2.68. The molecule has 1 unspecified atom stereocenters. The number of methoxy groups -OCH3 is 1. The molecule has 2 fully saturated rings. The van der Waals surface area contributed by atoms with E-state index in [0.717, 1.165) is 52.2 Å². The van der Waals surface area contributed by atoms with Crippen LogP contribution < -0.4 is 10.1 Å². The van der Waals surface area contributed by atoms with Crippen LogP contribution in [-0.2, 0) is 4.74 Å². The highest BCUT2D eigenvalue weighted by atomic mass is 35.5. The van der Waals surface area contributed by atoms with Gasteiger partial charge < -0.3 is 19.7 Å². The van der Waals surface area contributed by atoms with E-state index in [4.69, 9.17) is 21.1 Å². The van der Waals surface area contributed by atoms with Gasteiger partial charge in [-0.25, -0.2) is 4.79 Å². The van der Waals surface area contributed by atoms with E-state index < -0.39 is 0 Å². The van der Waals surface area contributed by atoms with Crippen molar-refractivity contribution in [3.05, 3.63) is 23.2 Å². The van der Waals surface area contributed by atoms with E-state index >= 15 is 0 Å². The van der Waals surface area contributed by atoms with Gasteiger partial charge in [0.2, 0.25) is 0 Å². The highest BCUT2D eigenvalue weighted by Crippen LogP contribution is 2.27. The zero-order valence-corrected chi connectivity index (χ0v) is 14.7. The molecule has 6 nitrogen and oxygen atoms in total. The Morgan fingerprint density at radius 1 is 1.38 bits per heavy atom. The first-order valence-electron chi connectivity index (χ1n) is 8.39. The molecule has 132 valence electrons. The summed E-state index contributed by atoms with van der Waals surface area (Å²) >= 11 is 6.09. The predicted molar refractivity (Wildman–Crippen MR) is 94.0 cm³/mol. The van der Waals surface area contributed by atoms with Crippen LogP contribution in [0.5, 0.6) is 5.75 Å². The van der Waals surface area contributed by atoms with E-state index in [9.17, 15) is 4.79 Å². The molecule has 2 heterocycles. The monoisotopic (exact) mass is 353 g/mol. The van der Waals surface area contributed by atoms with Gasteiger partial charge in [0.1, 0.15) is 5.75 Å². The zero-order chi connectivity index (χ0) is 16.9. The zero-order valence-electron chi connectivity index (χ0n) is 14.0. The molecule has 24 heavy (non-hydrogen) atoms. The number of ether oxygens (including phenoxy) is 2. The fourth-order valence-electron chi connectivity index (χ4n) is 3.16. The minimum Gasteiger partial charge on any atom is -0.495 e. The molecule has 1 N–H and O–H groups in total. The molecule has 0 radical (unpaired) electrons. The summed E-state index contributed by atoms with van der Waals surface area (Å²) < 4.78 is 10.8. The number of benzene rings is 1. The first-order chi connectivity index (χ1) is 11.7. The molecular formula is C17H24ClN3O3. The van der Waals surface area contributed by atoms with Crippen molar-refractivity contribution in [1.29, 1.82) is 0 Å². The number of amides is 2. The third-order valence-corrected chi connectivity index (χ3v) is 4.84. The van der Waals surface area contributed by atoms with Crippen LogP contribution in [-0.4, -0.2) is 68.4 Å². The number of rotatable bonds is 4. The highest BCUT2D eigenvalue weighted by Gasteiger charge is 2.25. The Hall–Kier alpha value is -1.50. The number of hydrogen-bond donors (Lipinski definition) is 1. The number of carbonyl (C=O) groups excluding carboxylic acids is 1. The lowest BCUT2D eigenvalue weighted by molar-refractivity contribution is 0.0572. The molecular weight excluding hydrogens is 330 g/mol. The standard InChI is InChI=1S/C17H24ClN3O3/c1-23-16-5-4-13(11-15(16)18)19-17(22)21-8-6-20(7-9-21)12-14-3-2-10-24-14/h4-5,11,14H,2-3,6-10,12H2,1H3,(H,19,22). The Morgan fingerprint density at radius 3 is 2.79 bits per heavy atom. The van der Waals surface area contributed by atoms with Crippen molar-refractivity contribution in [3.8, 4) is 5.75 Å². The van der Waals surface area contributed by atoms with E-state index in [0.29, 0.717) is 22.6 Å². The number of nitrogens with one attached hydrogen (secondary N) is 1. The summed E-state index contributed by atoms with van der Waals surface area (Å²) in [5, 5.41) is 3.38. The summed E-state index contributed by atoms with van der Waals surface area (Å²) in [7, 11) is 1.57. The van der Waals surface area contributed by atoms with E-state index in [1.165, 1.54) is 0 Å². The molecule has 1 aromatic carbocycles. The summed E-state index contributed by atoms with van der Waals surface area (Å²) in [6.07, 6.45) is 2.68. The van der Waals surface area contributed by atoms with E-state index in [2.05, 4.69) is 10.2 Å². The minimum atomic E-state index is -0.0898. The minimum absolute atomic E-state index is 0.0898. The van der Waals surface area contributed by atoms with Gasteiger partial charge in [-0.15, -0.1) is 0 Å². The molecule has 1 aromatic rings. The molecule has 2 aliphatic heterocycles. The molecule has 3 rings (SSSR count). The van der Waals surface area contributed by atoms with Crippen molar-refractivity contribution < 1.29 is 14.3 Å². The van der Waals surface area contributed by atoms with Gasteiger partial charge in [0.25, 0.3) is 0 Å². The van der Waals surface area contributed by atoms with Crippen molar-refractivity contribution in [2.75, 3.05) is 51.8 Å². The molecule has 0 bridgehead atoms. The molecule has 0 saturated carbocycles. The van der Waals surface area contributed by atoms with Gasteiger partial charge in [0.05, 0.1) is 18.2 Å². The molecule has 2 saturated heterocycles. The molecule has 0 spiro atoms. The maximum absolute atomic E-state index is 12.4. The van der Waals surface area contributed by atoms with Gasteiger partial charge in [-0.1, -0.05) is 11.6 Å². The Balaban J connectivity index is 1.47. The maximum Gasteiger partial charge on any atom is 0.321 e. The smallest absolute Gasteiger partial charge is 0.321 e. The fourth-order valence-corrected chi connectivity index (χ4v) is 3.41. The second kappa shape index (κ2) is 8.05. The van der Waals surface area contributed by atoms with Crippen LogP contribution in [0, 0.1) is 0 Å². The molecule has 0 aromatic heterocycles. The van der Waals surface area contributed by atoms with Gasteiger partial charge in [-0.3, -0.25) is 4.90 Å². The van der Waals surface area contributed by atoms with Crippen molar-refractivity contribution in [3.63, 3.8) is 0 Å². The Morgan fingerprint density at radius 2 is 2.17 bits per heavy atom. The lowest BCUT2D eigenvalue weighted by atomic mass is 10.2. The van der Waals surface area contributed by atoms with Gasteiger partial charge in [0, 0.05) is 45.0 Å². The normalized spacial score (nSPS) is 21.8. The largest absolute Gasteiger partial charge is 0.495 e. The highest BCUT2D eigenvalue weighted by molar-refractivity contribution is 6.32. The number of urea groups is 1. The Bertz CT molecular complexity index is 570. The van der Waals surface area contributed by atoms with Crippen LogP contribution in [0.1, 0.15) is 12.8 Å². The van der Waals surface area contributed by atoms with Gasteiger partial charge in [0.15, 0.2) is 0 Å². The summed E-state index contributed by atoms with van der Waals surface area (Å²) in [4.78, 5) is 16.6. The topological polar surface area (TPSA) is 54.0 Å². The van der Waals surface area contributed by atoms with E-state index in [1.54, 1.807) is 25.3 Å². The van der Waals surface area contributed by atoms with Crippen molar-refractivity contribution in [2.24, 2.45) is 0 Å². The SMILES string of the molecule is COc1ccc(NC(=O)N2CCN(CC3CCCO3)CC2)cc1Cl. The van der Waals surface area contributed by atoms with Gasteiger partial charge >= 0.3 is 6.03 Å². The number of piperazine rings is 1. The number of anilines is 1. The average Bonchev–Trinajstić information content (AvgIpc) is 3.08. The van der Waals surface area contributed by atoms with E-state index in [-0.39, 0.29) is 6.03 Å².